The molecule has 0 radical (unpaired) electrons. The van der Waals surface area contributed by atoms with Crippen LogP contribution in [0.5, 0.6) is 5.75 Å². The fourth-order valence-electron chi connectivity index (χ4n) is 1.85. The van der Waals surface area contributed by atoms with Crippen molar-refractivity contribution in [3.63, 3.8) is 0 Å². The van der Waals surface area contributed by atoms with Crippen LogP contribution in [0, 0.1) is 5.92 Å². The van der Waals surface area contributed by atoms with Gasteiger partial charge in [0.15, 0.2) is 5.84 Å². The summed E-state index contributed by atoms with van der Waals surface area (Å²) in [6, 6.07) is 6.99. The highest BCUT2D eigenvalue weighted by molar-refractivity contribution is 5.83. The fraction of sp³-hybridized carbons (Fsp3) is 0.462. The molecule has 0 aliphatic heterocycles. The number of ether oxygens (including phenoxy) is 1. The number of nitrogens with zero attached hydrogens (tertiary/aromatic N) is 2. The van der Waals surface area contributed by atoms with Gasteiger partial charge in [0.25, 0.3) is 0 Å². The van der Waals surface area contributed by atoms with Crippen LogP contribution < -0.4 is 10.5 Å². The zero-order valence-electron chi connectivity index (χ0n) is 11.8. The summed E-state index contributed by atoms with van der Waals surface area (Å²) in [5.74, 6) is -2.18. The van der Waals surface area contributed by atoms with Gasteiger partial charge in [-0.05, 0) is 24.7 Å². The van der Waals surface area contributed by atoms with Gasteiger partial charge in [0, 0.05) is 13.1 Å². The van der Waals surface area contributed by atoms with Crippen LogP contribution in [0.25, 0.3) is 0 Å². The van der Waals surface area contributed by atoms with Crippen molar-refractivity contribution in [3.05, 3.63) is 29.8 Å². The van der Waals surface area contributed by atoms with Crippen LogP contribution in [0.4, 0.5) is 13.2 Å². The Hall–Kier alpha value is -1.96. The first-order valence-corrected chi connectivity index (χ1v) is 6.13. The van der Waals surface area contributed by atoms with E-state index in [9.17, 15) is 13.2 Å². The highest BCUT2D eigenvalue weighted by atomic mass is 19.4. The SMILES string of the molecule is COc1ccc(CN(C)CC(/C(N)=N/O)C(F)(F)F)cc1. The minimum atomic E-state index is -4.56. The molecule has 21 heavy (non-hydrogen) atoms. The van der Waals surface area contributed by atoms with Crippen LogP contribution in [-0.2, 0) is 6.54 Å². The molecule has 1 rings (SSSR count). The maximum absolute atomic E-state index is 12.8. The molecule has 3 N–H and O–H groups in total. The molecule has 1 unspecified atom stereocenters. The standard InChI is InChI=1S/C13H18F3N3O2/c1-19(7-9-3-5-10(21-2)6-4-9)8-11(12(17)18-20)13(14,15)16/h3-6,11,20H,7-8H2,1-2H3,(H2,17,18). The van der Waals surface area contributed by atoms with Crippen LogP contribution in [0.15, 0.2) is 29.4 Å². The van der Waals surface area contributed by atoms with Crippen molar-refractivity contribution in [2.45, 2.75) is 12.7 Å². The van der Waals surface area contributed by atoms with Crippen LogP contribution in [-0.4, -0.2) is 42.8 Å². The lowest BCUT2D eigenvalue weighted by molar-refractivity contribution is -0.159. The smallest absolute Gasteiger partial charge is 0.400 e. The third kappa shape index (κ3) is 5.14. The van der Waals surface area contributed by atoms with Gasteiger partial charge in [-0.2, -0.15) is 13.2 Å². The van der Waals surface area contributed by atoms with E-state index in [0.717, 1.165) is 5.56 Å². The lowest BCUT2D eigenvalue weighted by Gasteiger charge is -2.25. The second-order valence-corrected chi connectivity index (χ2v) is 4.66. The Morgan fingerprint density at radius 2 is 1.95 bits per heavy atom. The maximum atomic E-state index is 12.8. The Morgan fingerprint density at radius 3 is 2.38 bits per heavy atom. The van der Waals surface area contributed by atoms with Crippen molar-refractivity contribution in [3.8, 4) is 5.75 Å². The van der Waals surface area contributed by atoms with Gasteiger partial charge in [0.2, 0.25) is 0 Å². The Kier molecular flexibility index (Phi) is 5.83. The van der Waals surface area contributed by atoms with Gasteiger partial charge < -0.3 is 20.6 Å². The maximum Gasteiger partial charge on any atom is 0.400 e. The molecule has 0 aliphatic carbocycles. The first-order valence-electron chi connectivity index (χ1n) is 6.13. The first-order chi connectivity index (χ1) is 9.77. The second-order valence-electron chi connectivity index (χ2n) is 4.66. The van der Waals surface area contributed by atoms with Crippen molar-refractivity contribution in [1.29, 1.82) is 0 Å². The molecule has 5 nitrogen and oxygen atoms in total. The quantitative estimate of drug-likeness (QED) is 0.365. The van der Waals surface area contributed by atoms with E-state index in [-0.39, 0.29) is 0 Å². The minimum Gasteiger partial charge on any atom is -0.497 e. The molecule has 1 aromatic carbocycles. The number of benzene rings is 1. The van der Waals surface area contributed by atoms with Crippen LogP contribution in [0.1, 0.15) is 5.56 Å². The Balaban J connectivity index is 2.71. The minimum absolute atomic E-state index is 0.301. The third-order valence-corrected chi connectivity index (χ3v) is 2.97. The van der Waals surface area contributed by atoms with Crippen molar-refractivity contribution in [1.82, 2.24) is 4.90 Å². The summed E-state index contributed by atoms with van der Waals surface area (Å²) in [5, 5.41) is 10.9. The molecule has 1 atom stereocenters. The van der Waals surface area contributed by atoms with Crippen LogP contribution in [0.3, 0.4) is 0 Å². The molecule has 0 spiro atoms. The highest BCUT2D eigenvalue weighted by Gasteiger charge is 2.43. The van der Waals surface area contributed by atoms with Gasteiger partial charge in [-0.3, -0.25) is 0 Å². The van der Waals surface area contributed by atoms with E-state index in [1.807, 2.05) is 0 Å². The van der Waals surface area contributed by atoms with E-state index in [4.69, 9.17) is 15.7 Å². The lowest BCUT2D eigenvalue weighted by atomic mass is 10.1. The number of nitrogens with two attached hydrogens (primary N) is 1. The van der Waals surface area contributed by atoms with Gasteiger partial charge in [0.05, 0.1) is 7.11 Å². The van der Waals surface area contributed by atoms with Gasteiger partial charge in [-0.15, -0.1) is 0 Å². The molecule has 0 aliphatic rings. The first kappa shape index (κ1) is 17.1. The summed E-state index contributed by atoms with van der Waals surface area (Å²) in [5.41, 5.74) is 5.95. The predicted octanol–water partition coefficient (Wildman–Crippen LogP) is 2.05. The zero-order chi connectivity index (χ0) is 16.0. The summed E-state index contributed by atoms with van der Waals surface area (Å²) >= 11 is 0. The molecular formula is C13H18F3N3O2. The number of hydrogen-bond donors (Lipinski definition) is 2. The molecule has 0 saturated carbocycles. The number of amidine groups is 1. The molecule has 0 bridgehead atoms. The Labute approximate surface area is 120 Å². The number of halogens is 3. The van der Waals surface area contributed by atoms with Gasteiger partial charge in [0.1, 0.15) is 11.7 Å². The molecular weight excluding hydrogens is 287 g/mol. The number of hydrogen-bond acceptors (Lipinski definition) is 4. The van der Waals surface area contributed by atoms with Crippen LogP contribution >= 0.6 is 0 Å². The van der Waals surface area contributed by atoms with Crippen molar-refractivity contribution >= 4 is 5.84 Å². The Bertz CT molecular complexity index is 475. The summed E-state index contributed by atoms with van der Waals surface area (Å²) in [7, 11) is 3.07. The number of oxime groups is 1. The monoisotopic (exact) mass is 305 g/mol. The summed E-state index contributed by atoms with van der Waals surface area (Å²) in [4.78, 5) is 1.46. The summed E-state index contributed by atoms with van der Waals surface area (Å²) < 4.78 is 43.5. The predicted molar refractivity (Wildman–Crippen MR) is 72.3 cm³/mol. The molecule has 118 valence electrons. The molecule has 0 aromatic heterocycles. The summed E-state index contributed by atoms with van der Waals surface area (Å²) in [6.45, 7) is -0.0965. The third-order valence-electron chi connectivity index (χ3n) is 2.97. The van der Waals surface area contributed by atoms with E-state index in [1.54, 1.807) is 24.3 Å². The van der Waals surface area contributed by atoms with Gasteiger partial charge in [-0.1, -0.05) is 17.3 Å². The molecule has 0 fully saturated rings. The molecule has 0 heterocycles. The second kappa shape index (κ2) is 7.16. The van der Waals surface area contributed by atoms with E-state index >= 15 is 0 Å². The summed E-state index contributed by atoms with van der Waals surface area (Å²) in [6.07, 6.45) is -4.56. The number of methoxy groups -OCH3 is 1. The van der Waals surface area contributed by atoms with E-state index in [2.05, 4.69) is 5.16 Å². The largest absolute Gasteiger partial charge is 0.497 e. The average molecular weight is 305 g/mol. The van der Waals surface area contributed by atoms with Crippen molar-refractivity contribution in [2.75, 3.05) is 20.7 Å². The lowest BCUT2D eigenvalue weighted by Crippen LogP contribution is -2.43. The van der Waals surface area contributed by atoms with E-state index < -0.39 is 24.5 Å². The molecule has 8 heteroatoms. The number of rotatable bonds is 6. The van der Waals surface area contributed by atoms with Crippen molar-refractivity contribution < 1.29 is 23.1 Å². The van der Waals surface area contributed by atoms with Crippen molar-refractivity contribution in [2.24, 2.45) is 16.8 Å². The topological polar surface area (TPSA) is 71.1 Å². The highest BCUT2D eigenvalue weighted by Crippen LogP contribution is 2.27. The van der Waals surface area contributed by atoms with Gasteiger partial charge >= 0.3 is 6.18 Å². The molecule has 0 saturated heterocycles. The molecule has 0 amide bonds. The van der Waals surface area contributed by atoms with Crippen LogP contribution in [0.2, 0.25) is 0 Å². The number of alkyl halides is 3. The Morgan fingerprint density at radius 1 is 1.38 bits per heavy atom. The fourth-order valence-corrected chi connectivity index (χ4v) is 1.85. The van der Waals surface area contributed by atoms with E-state index in [1.165, 1.54) is 19.1 Å². The van der Waals surface area contributed by atoms with Gasteiger partial charge in [-0.25, -0.2) is 0 Å². The normalized spacial score (nSPS) is 14.3. The average Bonchev–Trinajstić information content (AvgIpc) is 2.43. The molecule has 1 aromatic rings. The zero-order valence-corrected chi connectivity index (χ0v) is 11.8. The van der Waals surface area contributed by atoms with E-state index in [0.29, 0.717) is 12.3 Å².